The van der Waals surface area contributed by atoms with E-state index in [4.69, 9.17) is 5.73 Å². The molecular formula is C80H95FN16O6. The first-order chi connectivity index (χ1) is 49.7. The van der Waals surface area contributed by atoms with Gasteiger partial charge in [0.1, 0.15) is 23.5 Å². The number of aryl methyl sites for hydroxylation is 3. The molecule has 3 saturated heterocycles. The van der Waals surface area contributed by atoms with Crippen LogP contribution in [0.4, 0.5) is 4.39 Å². The van der Waals surface area contributed by atoms with E-state index in [0.29, 0.717) is 85.0 Å². The number of likely N-dealkylation sites (tertiary alicyclic amines) is 2. The molecule has 9 aromatic rings. The number of hydrogen-bond acceptors (Lipinski definition) is 13. The van der Waals surface area contributed by atoms with E-state index in [-0.39, 0.29) is 41.0 Å². The van der Waals surface area contributed by atoms with Crippen molar-refractivity contribution in [3.8, 4) is 5.69 Å². The number of allylic oxidation sites excluding steroid dienone is 3. The minimum Gasteiger partial charge on any atom is -0.366 e. The molecule has 22 nitrogen and oxygen atoms in total. The van der Waals surface area contributed by atoms with Crippen molar-refractivity contribution in [2.45, 2.75) is 137 Å². The number of nitrogens with two attached hydrogens (primary N) is 1. The minimum absolute atomic E-state index is 0.0133. The predicted octanol–water partition coefficient (Wildman–Crippen LogP) is 11.6. The standard InChI is InChI=1S/C24H27N3O.C21H25N3O2.C19H19FN6O.C16H24N4O2/c1-18-9-3-8-14-23(18)27-17-19(15-25-27)16-26(2)24(28)22-13-7-6-12-21(22)20-10-4-5-11-20;1-16-5-2-3-10-23(16)12-9-20(25)24-11-8-18(15-24)13-17-6-4-7-19(14-17)21(22)26;1-11-7-17-21-13(9-18(27)26(17)24-11)10-25-6-2-3-16(25)19-22-14-5-4-12(20)8-15(14)23-19;1-5-14-17-8-13(9-18-14)16(22)20-7-6-19(10-11(2)3)15(21)12(20)4/h3,6-9,12-15,17,20H,4-5,10-11,16H2,1-2H3;2-7,10,14,18H,1,8-9,11-13,15H2,(H2,22,26);4-5,7-9,16,24H,2-3,6,10H2,1H3,(H,22,23);8-9,11-12H,5-7,10H2,1-4H3. The zero-order valence-electron chi connectivity index (χ0n) is 60.2. The molecule has 4 N–H and O–H groups in total. The van der Waals surface area contributed by atoms with E-state index in [1.807, 2.05) is 126 Å². The maximum atomic E-state index is 13.5. The van der Waals surface area contributed by atoms with Crippen molar-refractivity contribution in [1.29, 1.82) is 0 Å². The van der Waals surface area contributed by atoms with Crippen LogP contribution >= 0.6 is 0 Å². The number of piperazine rings is 1. The van der Waals surface area contributed by atoms with Gasteiger partial charge in [-0.1, -0.05) is 94.8 Å². The topological polar surface area (TPSA) is 253 Å². The van der Waals surface area contributed by atoms with E-state index in [2.05, 4.69) is 91.6 Å². The first-order valence-electron chi connectivity index (χ1n) is 36.0. The number of fused-ring (bicyclic) bond motifs is 2. The first kappa shape index (κ1) is 73.5. The highest BCUT2D eigenvalue weighted by Crippen LogP contribution is 2.37. The molecule has 1 saturated carbocycles. The molecule has 4 fully saturated rings. The number of hydrogen-bond donors (Lipinski definition) is 3. The Labute approximate surface area is 601 Å². The Balaban J connectivity index is 0.000000138. The molecule has 4 aliphatic heterocycles. The number of benzene rings is 4. The summed E-state index contributed by atoms with van der Waals surface area (Å²) >= 11 is 0. The lowest BCUT2D eigenvalue weighted by Gasteiger charge is -2.39. The highest BCUT2D eigenvalue weighted by atomic mass is 19.1. The van der Waals surface area contributed by atoms with Gasteiger partial charge in [0.25, 0.3) is 17.4 Å². The van der Waals surface area contributed by atoms with Gasteiger partial charge < -0.3 is 35.2 Å². The van der Waals surface area contributed by atoms with Crippen molar-refractivity contribution >= 4 is 46.2 Å². The van der Waals surface area contributed by atoms with Gasteiger partial charge in [-0.05, 0) is 155 Å². The highest BCUT2D eigenvalue weighted by Gasteiger charge is 2.36. The number of imidazole rings is 1. The molecule has 5 aromatic heterocycles. The number of amides is 5. The van der Waals surface area contributed by atoms with E-state index < -0.39 is 11.9 Å². The highest BCUT2D eigenvalue weighted by molar-refractivity contribution is 5.98. The van der Waals surface area contributed by atoms with Gasteiger partial charge in [0, 0.05) is 137 Å². The van der Waals surface area contributed by atoms with Crippen LogP contribution in [0.2, 0.25) is 0 Å². The Kier molecular flexibility index (Phi) is 24.2. The summed E-state index contributed by atoms with van der Waals surface area (Å²) in [7, 11) is 1.87. The van der Waals surface area contributed by atoms with Crippen LogP contribution in [-0.2, 0) is 35.5 Å². The van der Waals surface area contributed by atoms with Gasteiger partial charge in [-0.3, -0.25) is 38.8 Å². The van der Waals surface area contributed by atoms with E-state index in [1.165, 1.54) is 53.5 Å². The van der Waals surface area contributed by atoms with Gasteiger partial charge in [0.05, 0.1) is 40.2 Å². The summed E-state index contributed by atoms with van der Waals surface area (Å²) in [6, 6.07) is 31.4. The number of nitrogens with zero attached hydrogens (tertiary/aromatic N) is 13. The van der Waals surface area contributed by atoms with E-state index in [0.717, 1.165) is 109 Å². The third-order valence-electron chi connectivity index (χ3n) is 19.7. The van der Waals surface area contributed by atoms with Gasteiger partial charge in [-0.15, -0.1) is 0 Å². The Hall–Kier alpha value is -10.7. The van der Waals surface area contributed by atoms with Crippen molar-refractivity contribution in [2.24, 2.45) is 17.6 Å². The average Bonchev–Trinajstić information content (AvgIpc) is 1.73. The number of rotatable bonds is 18. The monoisotopic (exact) mass is 1390 g/mol. The summed E-state index contributed by atoms with van der Waals surface area (Å²) in [5, 5.41) is 7.48. The number of primary amides is 1. The number of para-hydroxylation sites is 1. The Bertz CT molecular complexity index is 4620. The fourth-order valence-corrected chi connectivity index (χ4v) is 14.3. The zero-order valence-corrected chi connectivity index (χ0v) is 60.2. The smallest absolute Gasteiger partial charge is 0.272 e. The third-order valence-corrected chi connectivity index (χ3v) is 19.7. The molecule has 0 bridgehead atoms. The summed E-state index contributed by atoms with van der Waals surface area (Å²) in [5.74, 6) is 2.36. The van der Waals surface area contributed by atoms with Crippen LogP contribution < -0.4 is 11.3 Å². The molecule has 0 spiro atoms. The number of aromatic amines is 2. The summed E-state index contributed by atoms with van der Waals surface area (Å²) in [5.41, 5.74) is 17.3. The average molecular weight is 1400 g/mol. The quantitative estimate of drug-likeness (QED) is 0.0723. The molecule has 5 aliphatic rings. The van der Waals surface area contributed by atoms with Crippen LogP contribution in [0.25, 0.3) is 22.4 Å². The second-order valence-electron chi connectivity index (χ2n) is 27.9. The van der Waals surface area contributed by atoms with E-state index >= 15 is 0 Å². The summed E-state index contributed by atoms with van der Waals surface area (Å²) < 4.78 is 16.8. The van der Waals surface area contributed by atoms with E-state index in [9.17, 15) is 33.2 Å². The first-order valence-corrected chi connectivity index (χ1v) is 36.0. The number of carbonyl (C=O) groups is 5. The van der Waals surface area contributed by atoms with Crippen molar-refractivity contribution in [3.05, 3.63) is 243 Å². The normalized spacial score (nSPS) is 17.5. The summed E-state index contributed by atoms with van der Waals surface area (Å²) in [6.45, 7) is 22.0. The zero-order chi connectivity index (χ0) is 72.8. The third kappa shape index (κ3) is 18.5. The Morgan fingerprint density at radius 2 is 1.59 bits per heavy atom. The Morgan fingerprint density at radius 3 is 2.35 bits per heavy atom. The largest absolute Gasteiger partial charge is 0.366 e. The molecular weight excluding hydrogens is 1300 g/mol. The molecule has 103 heavy (non-hydrogen) atoms. The Morgan fingerprint density at radius 1 is 0.816 bits per heavy atom. The van der Waals surface area contributed by atoms with Crippen molar-refractivity contribution < 1.29 is 28.4 Å². The number of carbonyl (C=O) groups excluding carboxylic acids is 5. The van der Waals surface area contributed by atoms with Gasteiger partial charge in [-0.2, -0.15) is 5.10 Å². The van der Waals surface area contributed by atoms with Crippen LogP contribution in [0, 0.1) is 31.5 Å². The van der Waals surface area contributed by atoms with Crippen molar-refractivity contribution in [1.82, 2.24) is 73.7 Å². The summed E-state index contributed by atoms with van der Waals surface area (Å²) in [6.07, 6.45) is 24.7. The molecule has 23 heteroatoms. The maximum absolute atomic E-state index is 13.5. The van der Waals surface area contributed by atoms with Crippen LogP contribution in [0.15, 0.2) is 169 Å². The number of nitrogens with one attached hydrogen (secondary N) is 2. The van der Waals surface area contributed by atoms with Gasteiger partial charge in [0.2, 0.25) is 17.7 Å². The lowest BCUT2D eigenvalue weighted by atomic mass is 9.92. The molecule has 14 rings (SSSR count). The summed E-state index contributed by atoms with van der Waals surface area (Å²) in [4.78, 5) is 107. The fourth-order valence-electron chi connectivity index (χ4n) is 14.3. The van der Waals surface area contributed by atoms with Crippen molar-refractivity contribution in [2.75, 3.05) is 52.9 Å². The molecule has 5 amide bonds. The molecule has 3 unspecified atom stereocenters. The molecule has 1 aliphatic carbocycles. The predicted molar refractivity (Wildman–Crippen MR) is 396 cm³/mol. The van der Waals surface area contributed by atoms with Crippen molar-refractivity contribution in [3.63, 3.8) is 0 Å². The number of H-pyrrole nitrogens is 2. The number of aromatic nitrogens is 9. The molecule has 538 valence electrons. The molecule has 9 heterocycles. The second kappa shape index (κ2) is 33.9. The van der Waals surface area contributed by atoms with Gasteiger partial charge >= 0.3 is 0 Å². The maximum Gasteiger partial charge on any atom is 0.272 e. The SMILES string of the molecule is C=C1C=CC=CN1CCC(=O)N1CCC(Cc2cccc(C(N)=O)c2)C1.CCc1ncc(C(=O)N2CCN(CC(C)C)C(=O)C2C)cn1.Cc1cc2nc(CN3CCCC3c3nc4ccc(F)cc4[nH]3)cc(=O)n2[nH]1.Cc1ccccc1-n1cc(CN(C)C(=O)c2ccccc2C2CCCC2)cn1. The number of halogens is 1. The minimum atomic E-state index is -0.439. The fraction of sp³-hybridized carbons (Fsp3) is 0.388. The van der Waals surface area contributed by atoms with Gasteiger partial charge in [0.15, 0.2) is 5.65 Å². The molecule has 4 aromatic carbocycles. The van der Waals surface area contributed by atoms with Crippen LogP contribution in [0.5, 0.6) is 0 Å². The van der Waals surface area contributed by atoms with Crippen LogP contribution in [0.1, 0.15) is 167 Å². The lowest BCUT2D eigenvalue weighted by molar-refractivity contribution is -0.140. The molecule has 3 atom stereocenters. The van der Waals surface area contributed by atoms with Crippen LogP contribution in [0.3, 0.4) is 0 Å². The van der Waals surface area contributed by atoms with Gasteiger partial charge in [-0.25, -0.2) is 33.5 Å². The molecule has 0 radical (unpaired) electrons. The van der Waals surface area contributed by atoms with Crippen LogP contribution in [-0.4, -0.2) is 162 Å². The lowest BCUT2D eigenvalue weighted by Crippen LogP contribution is -2.58. The van der Waals surface area contributed by atoms with E-state index in [1.54, 1.807) is 47.3 Å². The second-order valence-corrected chi connectivity index (χ2v) is 27.9.